The summed E-state index contributed by atoms with van der Waals surface area (Å²) in [4.78, 5) is 11.6. The van der Waals surface area contributed by atoms with Crippen LogP contribution in [0.3, 0.4) is 0 Å². The van der Waals surface area contributed by atoms with E-state index >= 15 is 0 Å². The van der Waals surface area contributed by atoms with Gasteiger partial charge >= 0.3 is 0 Å². The molecule has 0 saturated carbocycles. The van der Waals surface area contributed by atoms with Crippen molar-refractivity contribution in [1.82, 2.24) is 0 Å². The Kier molecular flexibility index (Phi) is 3.02. The minimum Gasteiger partial charge on any atom is -0.294 e. The summed E-state index contributed by atoms with van der Waals surface area (Å²) >= 11 is 0. The largest absolute Gasteiger partial charge is 0.294 e. The van der Waals surface area contributed by atoms with Crippen LogP contribution in [0.25, 0.3) is 0 Å². The molecule has 0 amide bonds. The predicted molar refractivity (Wildman–Crippen MR) is 54.9 cm³/mol. The van der Waals surface area contributed by atoms with Gasteiger partial charge in [-0.1, -0.05) is 36.4 Å². The summed E-state index contributed by atoms with van der Waals surface area (Å²) in [7, 11) is 0. The van der Waals surface area contributed by atoms with E-state index in [9.17, 15) is 4.79 Å². The Hall–Kier alpha value is -1.37. The first-order chi connectivity index (χ1) is 6.11. The van der Waals surface area contributed by atoms with Gasteiger partial charge in [-0.25, -0.2) is 0 Å². The number of hydrogen-bond donors (Lipinski definition) is 0. The van der Waals surface area contributed by atoms with Gasteiger partial charge in [0.1, 0.15) is 0 Å². The summed E-state index contributed by atoms with van der Waals surface area (Å²) in [5.74, 6) is 0.158. The summed E-state index contributed by atoms with van der Waals surface area (Å²) in [5.41, 5.74) is 2.76. The molecule has 0 aliphatic rings. The molecule has 1 nitrogen and oxygen atoms in total. The fourth-order valence-corrected chi connectivity index (χ4v) is 1.26. The standard InChI is InChI=1S/C12H14O/c1-9(2)8-12(13)11-7-5-4-6-10(11)3/h4-7H,1,8H2,2-3H3. The number of aryl methyl sites for hydroxylation is 1. The summed E-state index contributed by atoms with van der Waals surface area (Å²) < 4.78 is 0. The van der Waals surface area contributed by atoms with Crippen LogP contribution in [-0.4, -0.2) is 5.78 Å². The molecular weight excluding hydrogens is 160 g/mol. The van der Waals surface area contributed by atoms with Crippen molar-refractivity contribution in [3.63, 3.8) is 0 Å². The van der Waals surface area contributed by atoms with Gasteiger partial charge < -0.3 is 0 Å². The number of allylic oxidation sites excluding steroid dienone is 1. The SMILES string of the molecule is C=C(C)CC(=O)c1ccccc1C. The summed E-state index contributed by atoms with van der Waals surface area (Å²) in [6.07, 6.45) is 0.449. The van der Waals surface area contributed by atoms with Crippen LogP contribution in [0.2, 0.25) is 0 Å². The molecule has 0 aromatic heterocycles. The molecule has 0 N–H and O–H groups in total. The molecule has 0 heterocycles. The quantitative estimate of drug-likeness (QED) is 0.508. The maximum Gasteiger partial charge on any atom is 0.167 e. The second-order valence-corrected chi connectivity index (χ2v) is 3.37. The summed E-state index contributed by atoms with van der Waals surface area (Å²) in [5, 5.41) is 0. The number of hydrogen-bond acceptors (Lipinski definition) is 1. The molecule has 1 aromatic carbocycles. The van der Waals surface area contributed by atoms with Crippen LogP contribution in [0.5, 0.6) is 0 Å². The lowest BCUT2D eigenvalue weighted by atomic mass is 10.0. The van der Waals surface area contributed by atoms with Crippen LogP contribution in [0.15, 0.2) is 36.4 Å². The zero-order valence-corrected chi connectivity index (χ0v) is 8.13. The van der Waals surface area contributed by atoms with E-state index in [2.05, 4.69) is 6.58 Å². The molecule has 1 rings (SSSR count). The lowest BCUT2D eigenvalue weighted by molar-refractivity contribution is 0.0992. The fraction of sp³-hybridized carbons (Fsp3) is 0.250. The van der Waals surface area contributed by atoms with Crippen molar-refractivity contribution in [1.29, 1.82) is 0 Å². The number of rotatable bonds is 3. The third kappa shape index (κ3) is 2.55. The van der Waals surface area contributed by atoms with Gasteiger partial charge in [0, 0.05) is 12.0 Å². The van der Waals surface area contributed by atoms with E-state index in [1.807, 2.05) is 38.1 Å². The first kappa shape index (κ1) is 9.72. The van der Waals surface area contributed by atoms with Crippen molar-refractivity contribution in [2.75, 3.05) is 0 Å². The van der Waals surface area contributed by atoms with Gasteiger partial charge in [0.05, 0.1) is 0 Å². The Bertz CT molecular complexity index is 337. The van der Waals surface area contributed by atoms with Gasteiger partial charge in [0.15, 0.2) is 5.78 Å². The first-order valence-electron chi connectivity index (χ1n) is 4.34. The fourth-order valence-electron chi connectivity index (χ4n) is 1.26. The van der Waals surface area contributed by atoms with Crippen LogP contribution < -0.4 is 0 Å². The number of carbonyl (C=O) groups excluding carboxylic acids is 1. The Balaban J connectivity index is 2.89. The molecule has 0 radical (unpaired) electrons. The second kappa shape index (κ2) is 4.04. The minimum atomic E-state index is 0.158. The molecule has 68 valence electrons. The highest BCUT2D eigenvalue weighted by molar-refractivity contribution is 5.98. The van der Waals surface area contributed by atoms with Crippen molar-refractivity contribution in [3.8, 4) is 0 Å². The molecule has 0 saturated heterocycles. The molecule has 0 bridgehead atoms. The average molecular weight is 174 g/mol. The molecule has 0 unspecified atom stereocenters. The number of Topliss-reactive ketones (excluding diaryl/α,β-unsaturated/α-hetero) is 1. The highest BCUT2D eigenvalue weighted by Crippen LogP contribution is 2.11. The van der Waals surface area contributed by atoms with Gasteiger partial charge in [0.25, 0.3) is 0 Å². The molecule has 0 spiro atoms. The first-order valence-corrected chi connectivity index (χ1v) is 4.34. The van der Waals surface area contributed by atoms with E-state index in [0.29, 0.717) is 6.42 Å². The van der Waals surface area contributed by atoms with Crippen LogP contribution in [0.1, 0.15) is 29.3 Å². The molecule has 1 aromatic rings. The van der Waals surface area contributed by atoms with Crippen LogP contribution >= 0.6 is 0 Å². The monoisotopic (exact) mass is 174 g/mol. The van der Waals surface area contributed by atoms with Gasteiger partial charge in [-0.15, -0.1) is 0 Å². The molecule has 0 atom stereocenters. The Morgan fingerprint density at radius 3 is 2.54 bits per heavy atom. The van der Waals surface area contributed by atoms with Crippen LogP contribution in [0, 0.1) is 6.92 Å². The smallest absolute Gasteiger partial charge is 0.167 e. The van der Waals surface area contributed by atoms with Gasteiger partial charge in [-0.2, -0.15) is 0 Å². The van der Waals surface area contributed by atoms with E-state index < -0.39 is 0 Å². The third-order valence-electron chi connectivity index (χ3n) is 1.91. The minimum absolute atomic E-state index is 0.158. The number of ketones is 1. The van der Waals surface area contributed by atoms with E-state index in [4.69, 9.17) is 0 Å². The van der Waals surface area contributed by atoms with Crippen molar-refractivity contribution in [2.24, 2.45) is 0 Å². The predicted octanol–water partition coefficient (Wildman–Crippen LogP) is 3.14. The van der Waals surface area contributed by atoms with E-state index in [-0.39, 0.29) is 5.78 Å². The maximum absolute atomic E-state index is 11.6. The zero-order valence-electron chi connectivity index (χ0n) is 8.13. The Morgan fingerprint density at radius 1 is 1.38 bits per heavy atom. The maximum atomic E-state index is 11.6. The van der Waals surface area contributed by atoms with E-state index in [0.717, 1.165) is 16.7 Å². The van der Waals surface area contributed by atoms with Gasteiger partial charge in [0.2, 0.25) is 0 Å². The third-order valence-corrected chi connectivity index (χ3v) is 1.91. The highest BCUT2D eigenvalue weighted by atomic mass is 16.1. The second-order valence-electron chi connectivity index (χ2n) is 3.37. The van der Waals surface area contributed by atoms with Gasteiger partial charge in [-0.3, -0.25) is 4.79 Å². The van der Waals surface area contributed by atoms with E-state index in [1.165, 1.54) is 0 Å². The van der Waals surface area contributed by atoms with Crippen molar-refractivity contribution in [2.45, 2.75) is 20.3 Å². The number of benzene rings is 1. The molecular formula is C12H14O. The Labute approximate surface area is 79.1 Å². The van der Waals surface area contributed by atoms with Crippen molar-refractivity contribution in [3.05, 3.63) is 47.5 Å². The van der Waals surface area contributed by atoms with Crippen molar-refractivity contribution < 1.29 is 4.79 Å². The van der Waals surface area contributed by atoms with Crippen LogP contribution in [-0.2, 0) is 0 Å². The summed E-state index contributed by atoms with van der Waals surface area (Å²) in [6, 6.07) is 7.64. The summed E-state index contributed by atoms with van der Waals surface area (Å²) in [6.45, 7) is 7.55. The molecule has 0 aliphatic heterocycles. The molecule has 0 aliphatic carbocycles. The Morgan fingerprint density at radius 2 is 2.00 bits per heavy atom. The van der Waals surface area contributed by atoms with Crippen molar-refractivity contribution >= 4 is 5.78 Å². The van der Waals surface area contributed by atoms with Crippen LogP contribution in [0.4, 0.5) is 0 Å². The lowest BCUT2D eigenvalue weighted by Gasteiger charge is -2.03. The highest BCUT2D eigenvalue weighted by Gasteiger charge is 2.07. The van der Waals surface area contributed by atoms with Gasteiger partial charge in [-0.05, 0) is 19.4 Å². The lowest BCUT2D eigenvalue weighted by Crippen LogP contribution is -2.01. The topological polar surface area (TPSA) is 17.1 Å². The number of carbonyl (C=O) groups is 1. The van der Waals surface area contributed by atoms with E-state index in [1.54, 1.807) is 0 Å². The molecule has 13 heavy (non-hydrogen) atoms. The molecule has 1 heteroatoms. The normalized spacial score (nSPS) is 9.69. The average Bonchev–Trinajstić information content (AvgIpc) is 2.03. The zero-order chi connectivity index (χ0) is 9.84. The molecule has 0 fully saturated rings.